The molecule has 0 aliphatic carbocycles. The number of halogens is 1. The van der Waals surface area contributed by atoms with E-state index < -0.39 is 36.8 Å². The van der Waals surface area contributed by atoms with E-state index in [-0.39, 0.29) is 30.8 Å². The Bertz CT molecular complexity index is 860. The SMILES string of the molecule is CNC(=O)CS(=O)(=O)C1CCN(S(=O)(=O)c2ccc(C)c(Cl)c2)CC1. The molecule has 1 aromatic rings. The van der Waals surface area contributed by atoms with Crippen LogP contribution < -0.4 is 5.32 Å². The van der Waals surface area contributed by atoms with Gasteiger partial charge in [0.25, 0.3) is 0 Å². The molecule has 1 heterocycles. The Morgan fingerprint density at radius 1 is 1.24 bits per heavy atom. The van der Waals surface area contributed by atoms with Crippen molar-refractivity contribution >= 4 is 37.4 Å². The fraction of sp³-hybridized carbons (Fsp3) is 0.533. The zero-order valence-corrected chi connectivity index (χ0v) is 16.4. The van der Waals surface area contributed by atoms with E-state index in [1.165, 1.54) is 23.5 Å². The van der Waals surface area contributed by atoms with Gasteiger partial charge in [0.15, 0.2) is 9.84 Å². The van der Waals surface area contributed by atoms with Crippen molar-refractivity contribution in [3.05, 3.63) is 28.8 Å². The zero-order chi connectivity index (χ0) is 18.8. The van der Waals surface area contributed by atoms with Gasteiger partial charge in [-0.3, -0.25) is 4.79 Å². The van der Waals surface area contributed by atoms with Crippen molar-refractivity contribution in [2.45, 2.75) is 29.9 Å². The summed E-state index contributed by atoms with van der Waals surface area (Å²) in [5.74, 6) is -1.14. The van der Waals surface area contributed by atoms with E-state index in [2.05, 4.69) is 5.32 Å². The molecule has 0 saturated carbocycles. The number of carbonyl (C=O) groups is 1. The fourth-order valence-corrected chi connectivity index (χ4v) is 6.10. The number of aryl methyl sites for hydroxylation is 1. The van der Waals surface area contributed by atoms with Gasteiger partial charge in [-0.25, -0.2) is 16.8 Å². The Morgan fingerprint density at radius 3 is 2.36 bits per heavy atom. The predicted octanol–water partition coefficient (Wildman–Crippen LogP) is 0.962. The first-order valence-electron chi connectivity index (χ1n) is 7.76. The number of hydrogen-bond acceptors (Lipinski definition) is 5. The van der Waals surface area contributed by atoms with Crippen LogP contribution in [0.15, 0.2) is 23.1 Å². The lowest BCUT2D eigenvalue weighted by atomic mass is 10.2. The van der Waals surface area contributed by atoms with Crippen LogP contribution in [0.4, 0.5) is 0 Å². The molecule has 1 aromatic carbocycles. The Hall–Kier alpha value is -1.16. The van der Waals surface area contributed by atoms with Gasteiger partial charge in [-0.15, -0.1) is 0 Å². The van der Waals surface area contributed by atoms with Crippen LogP contribution in [0.5, 0.6) is 0 Å². The molecule has 1 aliphatic rings. The molecular formula is C15H21ClN2O5S2. The average Bonchev–Trinajstić information content (AvgIpc) is 2.56. The molecule has 0 radical (unpaired) electrons. The molecule has 10 heteroatoms. The van der Waals surface area contributed by atoms with E-state index in [0.717, 1.165) is 5.56 Å². The Morgan fingerprint density at radius 2 is 1.84 bits per heavy atom. The van der Waals surface area contributed by atoms with Crippen LogP contribution in [0, 0.1) is 6.92 Å². The van der Waals surface area contributed by atoms with Crippen molar-refractivity contribution in [2.24, 2.45) is 0 Å². The average molecular weight is 409 g/mol. The van der Waals surface area contributed by atoms with Crippen molar-refractivity contribution < 1.29 is 21.6 Å². The highest BCUT2D eigenvalue weighted by Gasteiger charge is 2.35. The third-order valence-corrected chi connectivity index (χ3v) is 8.75. The first-order valence-corrected chi connectivity index (χ1v) is 11.3. The maximum absolute atomic E-state index is 12.7. The second-order valence-corrected chi connectivity index (χ2v) is 10.6. The van der Waals surface area contributed by atoms with E-state index in [1.807, 2.05) is 0 Å². The molecule has 0 unspecified atom stereocenters. The van der Waals surface area contributed by atoms with Crippen molar-refractivity contribution in [1.82, 2.24) is 9.62 Å². The summed E-state index contributed by atoms with van der Waals surface area (Å²) in [4.78, 5) is 11.4. The maximum Gasteiger partial charge on any atom is 0.243 e. The Labute approximate surface area is 153 Å². The largest absolute Gasteiger partial charge is 0.358 e. The summed E-state index contributed by atoms with van der Waals surface area (Å²) in [7, 11) is -5.94. The normalized spacial score (nSPS) is 17.4. The molecule has 0 aromatic heterocycles. The number of benzene rings is 1. The molecule has 1 N–H and O–H groups in total. The summed E-state index contributed by atoms with van der Waals surface area (Å²) in [5, 5.41) is 1.94. The van der Waals surface area contributed by atoms with E-state index in [0.29, 0.717) is 5.02 Å². The summed E-state index contributed by atoms with van der Waals surface area (Å²) in [5.41, 5.74) is 0.777. The summed E-state index contributed by atoms with van der Waals surface area (Å²) in [6, 6.07) is 4.53. The number of rotatable bonds is 5. The van der Waals surface area contributed by atoms with Crippen LogP contribution in [0.3, 0.4) is 0 Å². The number of amides is 1. The first kappa shape index (κ1) is 20.2. The Balaban J connectivity index is 2.11. The van der Waals surface area contributed by atoms with E-state index in [9.17, 15) is 21.6 Å². The molecular weight excluding hydrogens is 388 g/mol. The lowest BCUT2D eigenvalue weighted by molar-refractivity contribution is -0.118. The quantitative estimate of drug-likeness (QED) is 0.782. The van der Waals surface area contributed by atoms with E-state index >= 15 is 0 Å². The highest BCUT2D eigenvalue weighted by Crippen LogP contribution is 2.26. The summed E-state index contributed by atoms with van der Waals surface area (Å²) < 4.78 is 51.1. The van der Waals surface area contributed by atoms with Crippen LogP contribution in [0.1, 0.15) is 18.4 Å². The molecule has 0 atom stereocenters. The second kappa shape index (κ2) is 7.61. The summed E-state index contributed by atoms with van der Waals surface area (Å²) in [6.45, 7) is 1.96. The van der Waals surface area contributed by atoms with Gasteiger partial charge >= 0.3 is 0 Å². The van der Waals surface area contributed by atoms with Crippen LogP contribution in [-0.2, 0) is 24.7 Å². The van der Waals surface area contributed by atoms with Gasteiger partial charge in [0, 0.05) is 25.2 Å². The number of piperidine rings is 1. The van der Waals surface area contributed by atoms with Gasteiger partial charge in [-0.05, 0) is 37.5 Å². The van der Waals surface area contributed by atoms with Gasteiger partial charge < -0.3 is 5.32 Å². The van der Waals surface area contributed by atoms with Crippen LogP contribution in [0.25, 0.3) is 0 Å². The summed E-state index contributed by atoms with van der Waals surface area (Å²) in [6.07, 6.45) is 0.330. The lowest BCUT2D eigenvalue weighted by Gasteiger charge is -2.30. The first-order chi connectivity index (χ1) is 11.6. The predicted molar refractivity (Wildman–Crippen MR) is 95.8 cm³/mol. The topological polar surface area (TPSA) is 101 Å². The molecule has 140 valence electrons. The Kier molecular flexibility index (Phi) is 6.13. The van der Waals surface area contributed by atoms with Crippen LogP contribution in [0.2, 0.25) is 5.02 Å². The third kappa shape index (κ3) is 4.52. The van der Waals surface area contributed by atoms with E-state index in [1.54, 1.807) is 13.0 Å². The minimum absolute atomic E-state index is 0.0888. The number of sulfone groups is 1. The van der Waals surface area contributed by atoms with Gasteiger partial charge in [0.2, 0.25) is 15.9 Å². The third-order valence-electron chi connectivity index (χ3n) is 4.30. The summed E-state index contributed by atoms with van der Waals surface area (Å²) >= 11 is 6.00. The van der Waals surface area contributed by atoms with E-state index in [4.69, 9.17) is 11.6 Å². The standard InChI is InChI=1S/C15H21ClN2O5S2/c1-11-3-4-13(9-14(11)16)25(22,23)18-7-5-12(6-8-18)24(20,21)10-15(19)17-2/h3-4,9,12H,5-8,10H2,1-2H3,(H,17,19). The molecule has 1 saturated heterocycles. The molecule has 0 spiro atoms. The van der Waals surface area contributed by atoms with Gasteiger partial charge in [-0.1, -0.05) is 17.7 Å². The molecule has 25 heavy (non-hydrogen) atoms. The van der Waals surface area contributed by atoms with Crippen LogP contribution in [-0.4, -0.2) is 58.2 Å². The van der Waals surface area contributed by atoms with Crippen molar-refractivity contribution in [1.29, 1.82) is 0 Å². The van der Waals surface area contributed by atoms with Crippen molar-refractivity contribution in [3.63, 3.8) is 0 Å². The van der Waals surface area contributed by atoms with Crippen molar-refractivity contribution in [2.75, 3.05) is 25.9 Å². The molecule has 0 bridgehead atoms. The number of nitrogens with zero attached hydrogens (tertiary/aromatic N) is 1. The zero-order valence-electron chi connectivity index (χ0n) is 14.0. The lowest BCUT2D eigenvalue weighted by Crippen LogP contribution is -2.44. The van der Waals surface area contributed by atoms with Gasteiger partial charge in [0.1, 0.15) is 5.75 Å². The minimum Gasteiger partial charge on any atom is -0.358 e. The molecule has 1 fully saturated rings. The monoisotopic (exact) mass is 408 g/mol. The molecule has 1 aliphatic heterocycles. The van der Waals surface area contributed by atoms with Crippen molar-refractivity contribution in [3.8, 4) is 0 Å². The smallest absolute Gasteiger partial charge is 0.243 e. The van der Waals surface area contributed by atoms with Gasteiger partial charge in [0.05, 0.1) is 10.1 Å². The fourth-order valence-electron chi connectivity index (χ4n) is 2.69. The number of nitrogens with one attached hydrogen (secondary N) is 1. The highest BCUT2D eigenvalue weighted by atomic mass is 35.5. The number of hydrogen-bond donors (Lipinski definition) is 1. The minimum atomic E-state index is -3.72. The number of sulfonamides is 1. The second-order valence-electron chi connectivity index (χ2n) is 5.99. The van der Waals surface area contributed by atoms with Gasteiger partial charge in [-0.2, -0.15) is 4.31 Å². The molecule has 1 amide bonds. The number of carbonyl (C=O) groups excluding carboxylic acids is 1. The molecule has 7 nitrogen and oxygen atoms in total. The van der Waals surface area contributed by atoms with Crippen LogP contribution >= 0.6 is 11.6 Å². The highest BCUT2D eigenvalue weighted by molar-refractivity contribution is 7.92. The maximum atomic E-state index is 12.7. The molecule has 2 rings (SSSR count).